The maximum absolute atomic E-state index is 12.7. The van der Waals surface area contributed by atoms with E-state index in [2.05, 4.69) is 5.32 Å². The van der Waals surface area contributed by atoms with Gasteiger partial charge in [0.1, 0.15) is 11.8 Å². The van der Waals surface area contributed by atoms with Gasteiger partial charge in [0.2, 0.25) is 5.91 Å². The Morgan fingerprint density at radius 3 is 2.60 bits per heavy atom. The molecular formula is C20H20N2O3. The maximum Gasteiger partial charge on any atom is 0.247 e. The monoisotopic (exact) mass is 336 g/mol. The van der Waals surface area contributed by atoms with Gasteiger partial charge in [0, 0.05) is 34.4 Å². The summed E-state index contributed by atoms with van der Waals surface area (Å²) in [5, 5.41) is 3.75. The first-order chi connectivity index (χ1) is 12.0. The summed E-state index contributed by atoms with van der Waals surface area (Å²) < 4.78 is 7.01. The molecule has 0 spiro atoms. The molecule has 0 aliphatic rings. The Morgan fingerprint density at radius 2 is 1.88 bits per heavy atom. The number of nitrogens with one attached hydrogen (secondary N) is 1. The average molecular weight is 336 g/mol. The van der Waals surface area contributed by atoms with Gasteiger partial charge in [-0.2, -0.15) is 0 Å². The van der Waals surface area contributed by atoms with Crippen molar-refractivity contribution in [1.29, 1.82) is 0 Å². The number of hydrogen-bond acceptors (Lipinski definition) is 3. The second kappa shape index (κ2) is 6.81. The number of ketones is 1. The third kappa shape index (κ3) is 3.26. The van der Waals surface area contributed by atoms with Gasteiger partial charge in [-0.05, 0) is 32.0 Å². The van der Waals surface area contributed by atoms with Crippen LogP contribution in [0, 0.1) is 0 Å². The van der Waals surface area contributed by atoms with E-state index in [4.69, 9.17) is 4.74 Å². The Labute approximate surface area is 146 Å². The zero-order valence-corrected chi connectivity index (χ0v) is 14.4. The van der Waals surface area contributed by atoms with Crippen LogP contribution in [0.4, 0.5) is 5.69 Å². The van der Waals surface area contributed by atoms with Crippen molar-refractivity contribution in [2.75, 3.05) is 12.4 Å². The number of amides is 1. The standard InChI is InChI=1S/C20H20N2O3/c1-13(20(24)21-15-7-6-8-16(11-15)25-3)22-12-18(14(2)23)17-9-4-5-10-19(17)22/h4-13H,1-3H3,(H,21,24)/t13-/m0/s1. The molecule has 1 amide bonds. The summed E-state index contributed by atoms with van der Waals surface area (Å²) in [6, 6.07) is 14.3. The van der Waals surface area contributed by atoms with Crippen LogP contribution in [0.3, 0.4) is 0 Å². The third-order valence-electron chi connectivity index (χ3n) is 4.25. The van der Waals surface area contributed by atoms with Crippen molar-refractivity contribution >= 4 is 28.3 Å². The lowest BCUT2D eigenvalue weighted by Crippen LogP contribution is -2.23. The molecule has 1 heterocycles. The van der Waals surface area contributed by atoms with Gasteiger partial charge >= 0.3 is 0 Å². The van der Waals surface area contributed by atoms with Crippen LogP contribution in [0.1, 0.15) is 30.2 Å². The molecule has 5 heteroatoms. The fourth-order valence-corrected chi connectivity index (χ4v) is 2.88. The molecule has 0 aliphatic heterocycles. The van der Waals surface area contributed by atoms with Crippen LogP contribution < -0.4 is 10.1 Å². The quantitative estimate of drug-likeness (QED) is 0.715. The predicted octanol–water partition coefficient (Wildman–Crippen LogP) is 4.05. The zero-order chi connectivity index (χ0) is 18.0. The second-order valence-corrected chi connectivity index (χ2v) is 5.92. The molecule has 2 aromatic carbocycles. The number of nitrogens with zero attached hydrogens (tertiary/aromatic N) is 1. The van der Waals surface area contributed by atoms with E-state index >= 15 is 0 Å². The first-order valence-corrected chi connectivity index (χ1v) is 8.06. The smallest absolute Gasteiger partial charge is 0.247 e. The van der Waals surface area contributed by atoms with Crippen LogP contribution in [0.2, 0.25) is 0 Å². The van der Waals surface area contributed by atoms with E-state index in [1.807, 2.05) is 54.0 Å². The van der Waals surface area contributed by atoms with Crippen LogP contribution in [-0.4, -0.2) is 23.4 Å². The van der Waals surface area contributed by atoms with Gasteiger partial charge in [0.15, 0.2) is 5.78 Å². The van der Waals surface area contributed by atoms with Crippen molar-refractivity contribution in [3.8, 4) is 5.75 Å². The average Bonchev–Trinajstić information content (AvgIpc) is 3.01. The largest absolute Gasteiger partial charge is 0.497 e. The molecule has 0 fully saturated rings. The molecule has 0 bridgehead atoms. The second-order valence-electron chi connectivity index (χ2n) is 5.92. The molecule has 3 rings (SSSR count). The number of fused-ring (bicyclic) bond motifs is 1. The summed E-state index contributed by atoms with van der Waals surface area (Å²) in [7, 11) is 1.58. The van der Waals surface area contributed by atoms with Crippen molar-refractivity contribution in [3.63, 3.8) is 0 Å². The van der Waals surface area contributed by atoms with Gasteiger partial charge in [-0.15, -0.1) is 0 Å². The van der Waals surface area contributed by atoms with E-state index in [0.717, 1.165) is 10.9 Å². The summed E-state index contributed by atoms with van der Waals surface area (Å²) in [6.07, 6.45) is 1.75. The van der Waals surface area contributed by atoms with Crippen molar-refractivity contribution in [2.45, 2.75) is 19.9 Å². The van der Waals surface area contributed by atoms with E-state index in [1.54, 1.807) is 19.4 Å². The highest BCUT2D eigenvalue weighted by Crippen LogP contribution is 2.26. The number of Topliss-reactive ketones (excluding diaryl/α,β-unsaturated/α-hetero) is 1. The minimum atomic E-state index is -0.468. The normalized spacial score (nSPS) is 12.0. The van der Waals surface area contributed by atoms with Gasteiger partial charge in [-0.1, -0.05) is 24.3 Å². The lowest BCUT2D eigenvalue weighted by Gasteiger charge is -2.15. The van der Waals surface area contributed by atoms with Crippen LogP contribution >= 0.6 is 0 Å². The number of benzene rings is 2. The summed E-state index contributed by atoms with van der Waals surface area (Å²) in [6.45, 7) is 3.35. The third-order valence-corrected chi connectivity index (χ3v) is 4.25. The van der Waals surface area contributed by atoms with E-state index in [1.165, 1.54) is 6.92 Å². The molecule has 0 unspecified atom stereocenters. The van der Waals surface area contributed by atoms with Crippen molar-refractivity contribution < 1.29 is 14.3 Å². The van der Waals surface area contributed by atoms with Crippen molar-refractivity contribution in [3.05, 3.63) is 60.3 Å². The molecule has 0 saturated carbocycles. The van der Waals surface area contributed by atoms with E-state index < -0.39 is 6.04 Å². The van der Waals surface area contributed by atoms with Gasteiger partial charge in [-0.25, -0.2) is 0 Å². The lowest BCUT2D eigenvalue weighted by atomic mass is 10.1. The predicted molar refractivity (Wildman–Crippen MR) is 98.3 cm³/mol. The maximum atomic E-state index is 12.7. The van der Waals surface area contributed by atoms with Gasteiger partial charge in [0.25, 0.3) is 0 Å². The highest BCUT2D eigenvalue weighted by atomic mass is 16.5. The van der Waals surface area contributed by atoms with Crippen molar-refractivity contribution in [2.24, 2.45) is 0 Å². The first-order valence-electron chi connectivity index (χ1n) is 8.06. The number of para-hydroxylation sites is 1. The van der Waals surface area contributed by atoms with Crippen LogP contribution in [0.15, 0.2) is 54.7 Å². The number of hydrogen-bond donors (Lipinski definition) is 1. The Balaban J connectivity index is 1.92. The van der Waals surface area contributed by atoms with E-state index in [0.29, 0.717) is 17.0 Å². The topological polar surface area (TPSA) is 60.3 Å². The number of methoxy groups -OCH3 is 1. The van der Waals surface area contributed by atoms with E-state index in [-0.39, 0.29) is 11.7 Å². The minimum Gasteiger partial charge on any atom is -0.497 e. The SMILES string of the molecule is COc1cccc(NC(=O)[C@H](C)n2cc(C(C)=O)c3ccccc32)c1. The number of rotatable bonds is 5. The summed E-state index contributed by atoms with van der Waals surface area (Å²) in [5.41, 5.74) is 2.15. The molecular weight excluding hydrogens is 316 g/mol. The lowest BCUT2D eigenvalue weighted by molar-refractivity contribution is -0.118. The zero-order valence-electron chi connectivity index (χ0n) is 14.4. The van der Waals surface area contributed by atoms with Crippen LogP contribution in [0.25, 0.3) is 10.9 Å². The highest BCUT2D eigenvalue weighted by Gasteiger charge is 2.20. The highest BCUT2D eigenvalue weighted by molar-refractivity contribution is 6.07. The molecule has 1 atom stereocenters. The van der Waals surface area contributed by atoms with Gasteiger partial charge < -0.3 is 14.6 Å². The number of ether oxygens (including phenoxy) is 1. The summed E-state index contributed by atoms with van der Waals surface area (Å²) >= 11 is 0. The van der Waals surface area contributed by atoms with Crippen LogP contribution in [-0.2, 0) is 4.79 Å². The Bertz CT molecular complexity index is 943. The fourth-order valence-electron chi connectivity index (χ4n) is 2.88. The molecule has 128 valence electrons. The molecule has 1 aromatic heterocycles. The molecule has 25 heavy (non-hydrogen) atoms. The Hall–Kier alpha value is -3.08. The Kier molecular flexibility index (Phi) is 4.57. The fraction of sp³-hybridized carbons (Fsp3) is 0.200. The molecule has 0 saturated heterocycles. The van der Waals surface area contributed by atoms with Gasteiger partial charge in [-0.3, -0.25) is 9.59 Å². The number of aromatic nitrogens is 1. The number of carbonyl (C=O) groups excluding carboxylic acids is 2. The van der Waals surface area contributed by atoms with Gasteiger partial charge in [0.05, 0.1) is 7.11 Å². The molecule has 3 aromatic rings. The number of carbonyl (C=O) groups is 2. The molecule has 5 nitrogen and oxygen atoms in total. The summed E-state index contributed by atoms with van der Waals surface area (Å²) in [4.78, 5) is 24.6. The van der Waals surface area contributed by atoms with Crippen molar-refractivity contribution in [1.82, 2.24) is 4.57 Å². The van der Waals surface area contributed by atoms with E-state index in [9.17, 15) is 9.59 Å². The number of anilines is 1. The molecule has 0 radical (unpaired) electrons. The minimum absolute atomic E-state index is 0.0182. The molecule has 0 aliphatic carbocycles. The van der Waals surface area contributed by atoms with Crippen LogP contribution in [0.5, 0.6) is 5.75 Å². The Morgan fingerprint density at radius 1 is 1.12 bits per heavy atom. The summed E-state index contributed by atoms with van der Waals surface area (Å²) in [5.74, 6) is 0.496. The molecule has 1 N–H and O–H groups in total. The first kappa shape index (κ1) is 16.8.